The molecule has 28 heavy (non-hydrogen) atoms. The molecule has 1 saturated carbocycles. The maximum absolute atomic E-state index is 2.79. The molecule has 1 saturated heterocycles. The number of allylic oxidation sites excluding steroid dienone is 5. The highest BCUT2D eigenvalue weighted by atomic mass is 15.3. The molecule has 2 bridgehead atoms. The third-order valence-corrected chi connectivity index (χ3v) is 7.70. The third-order valence-electron chi connectivity index (χ3n) is 7.70. The second-order valence-electron chi connectivity index (χ2n) is 9.75. The van der Waals surface area contributed by atoms with Gasteiger partial charge in [0.25, 0.3) is 0 Å². The van der Waals surface area contributed by atoms with Gasteiger partial charge in [0.15, 0.2) is 0 Å². The highest BCUT2D eigenvalue weighted by molar-refractivity contribution is 5.13. The molecule has 6 atom stereocenters. The maximum atomic E-state index is 2.79. The zero-order valence-electron chi connectivity index (χ0n) is 18.0. The molecule has 4 aliphatic rings. The van der Waals surface area contributed by atoms with Crippen molar-refractivity contribution in [2.24, 2.45) is 23.7 Å². The molecule has 2 unspecified atom stereocenters. The Labute approximate surface area is 173 Å². The lowest BCUT2D eigenvalue weighted by molar-refractivity contribution is 0.0433. The van der Waals surface area contributed by atoms with Crippen molar-refractivity contribution in [1.29, 1.82) is 0 Å². The van der Waals surface area contributed by atoms with Gasteiger partial charge < -0.3 is 0 Å². The fourth-order valence-corrected chi connectivity index (χ4v) is 6.14. The summed E-state index contributed by atoms with van der Waals surface area (Å²) in [5, 5.41) is 0. The van der Waals surface area contributed by atoms with E-state index in [1.54, 1.807) is 0 Å². The zero-order valence-corrected chi connectivity index (χ0v) is 18.0. The van der Waals surface area contributed by atoms with Gasteiger partial charge in [-0.05, 0) is 75.0 Å². The van der Waals surface area contributed by atoms with E-state index in [0.717, 1.165) is 17.8 Å². The predicted octanol–water partition coefficient (Wildman–Crippen LogP) is 6.03. The molecule has 4 rings (SSSR count). The highest BCUT2D eigenvalue weighted by Gasteiger charge is 2.37. The van der Waals surface area contributed by atoms with Crippen LogP contribution in [0.1, 0.15) is 70.6 Å². The van der Waals surface area contributed by atoms with Crippen LogP contribution in [0.5, 0.6) is 0 Å². The van der Waals surface area contributed by atoms with Crippen LogP contribution in [0, 0.1) is 23.7 Å². The molecular formula is C26H42N2. The van der Waals surface area contributed by atoms with Crippen LogP contribution >= 0.6 is 0 Å². The molecule has 2 heteroatoms. The molecule has 2 fully saturated rings. The Balaban J connectivity index is 1.48. The van der Waals surface area contributed by atoms with Crippen LogP contribution in [0.4, 0.5) is 0 Å². The highest BCUT2D eigenvalue weighted by Crippen LogP contribution is 2.44. The van der Waals surface area contributed by atoms with Crippen LogP contribution in [0.2, 0.25) is 0 Å². The summed E-state index contributed by atoms with van der Waals surface area (Å²) in [6.45, 7) is 6.35. The van der Waals surface area contributed by atoms with Crippen molar-refractivity contribution in [3.63, 3.8) is 0 Å². The average molecular weight is 383 g/mol. The summed E-state index contributed by atoms with van der Waals surface area (Å²) in [5.41, 5.74) is 0. The van der Waals surface area contributed by atoms with Crippen LogP contribution in [-0.2, 0) is 0 Å². The second-order valence-corrected chi connectivity index (χ2v) is 9.75. The summed E-state index contributed by atoms with van der Waals surface area (Å²) in [7, 11) is 0. The largest absolute Gasteiger partial charge is 0.290 e. The molecule has 0 aromatic rings. The smallest absolute Gasteiger partial charge is 0.0506 e. The summed E-state index contributed by atoms with van der Waals surface area (Å²) in [6, 6.07) is 0. The quantitative estimate of drug-likeness (QED) is 0.472. The molecule has 2 aliphatic heterocycles. The van der Waals surface area contributed by atoms with Gasteiger partial charge in [-0.25, -0.2) is 0 Å². The number of hydrogen-bond donors (Lipinski definition) is 0. The molecule has 156 valence electrons. The zero-order chi connectivity index (χ0) is 19.0. The van der Waals surface area contributed by atoms with Gasteiger partial charge in [0, 0.05) is 26.2 Å². The number of hydrogen-bond acceptors (Lipinski definition) is 2. The van der Waals surface area contributed by atoms with Crippen molar-refractivity contribution < 1.29 is 0 Å². The van der Waals surface area contributed by atoms with Gasteiger partial charge >= 0.3 is 0 Å². The van der Waals surface area contributed by atoms with Gasteiger partial charge in [-0.1, -0.05) is 55.7 Å². The minimum Gasteiger partial charge on any atom is -0.290 e. The molecule has 0 spiro atoms. The van der Waals surface area contributed by atoms with Crippen LogP contribution in [0.25, 0.3) is 0 Å². The Bertz CT molecular complexity index is 549. The van der Waals surface area contributed by atoms with E-state index < -0.39 is 0 Å². The maximum Gasteiger partial charge on any atom is 0.0506 e. The molecule has 2 nitrogen and oxygen atoms in total. The van der Waals surface area contributed by atoms with Crippen molar-refractivity contribution in [3.8, 4) is 0 Å². The lowest BCUT2D eigenvalue weighted by atomic mass is 9.64. The monoisotopic (exact) mass is 382 g/mol. The van der Waals surface area contributed by atoms with Gasteiger partial charge in [-0.15, -0.1) is 0 Å². The SMILES string of the molecule is C1=CCCN2CCCN(C[C@H]3[C@@H]4CCCC[C@H]4C=C[C@H]3/C=C/CCCCC1)C2. The van der Waals surface area contributed by atoms with Crippen molar-refractivity contribution in [2.75, 3.05) is 32.8 Å². The lowest BCUT2D eigenvalue weighted by Gasteiger charge is -2.45. The predicted molar refractivity (Wildman–Crippen MR) is 120 cm³/mol. The fraction of sp³-hybridized carbons (Fsp3) is 0.769. The Morgan fingerprint density at radius 3 is 2.36 bits per heavy atom. The average Bonchev–Trinajstić information content (AvgIpc) is 2.73. The standard InChI is InChI=1S/C26H42N2/c1-2-4-6-8-13-24-17-16-23-14-9-10-15-25(23)26(24)21-28-20-12-19-27(22-28)18-11-7-5-3-1/h5,7-8,13,16-17,23-26H,1-4,6,9-12,14-15,18-22H2/b7-5?,13-8+/t23-,24+,25+,26+/m0/s1. The molecule has 0 radical (unpaired) electrons. The Kier molecular flexibility index (Phi) is 7.86. The molecule has 2 heterocycles. The normalized spacial score (nSPS) is 41.4. The van der Waals surface area contributed by atoms with Crippen molar-refractivity contribution >= 4 is 0 Å². The number of rotatable bonds is 0. The van der Waals surface area contributed by atoms with E-state index in [2.05, 4.69) is 46.3 Å². The first-order valence-electron chi connectivity index (χ1n) is 12.3. The first-order valence-corrected chi connectivity index (χ1v) is 12.3. The first-order chi connectivity index (χ1) is 13.9. The van der Waals surface area contributed by atoms with Gasteiger partial charge in [-0.3, -0.25) is 9.80 Å². The van der Waals surface area contributed by atoms with Crippen LogP contribution < -0.4 is 0 Å². The summed E-state index contributed by atoms with van der Waals surface area (Å²) < 4.78 is 0. The van der Waals surface area contributed by atoms with Gasteiger partial charge in [-0.2, -0.15) is 0 Å². The topological polar surface area (TPSA) is 6.48 Å². The van der Waals surface area contributed by atoms with Crippen LogP contribution in [-0.4, -0.2) is 42.6 Å². The Morgan fingerprint density at radius 2 is 1.39 bits per heavy atom. The Hall–Kier alpha value is -0.860. The molecule has 0 aromatic heterocycles. The summed E-state index contributed by atoms with van der Waals surface area (Å²) in [4.78, 5) is 5.50. The van der Waals surface area contributed by atoms with Gasteiger partial charge in [0.2, 0.25) is 0 Å². The minimum absolute atomic E-state index is 0.673. The summed E-state index contributed by atoms with van der Waals surface area (Å²) in [6.07, 6.45) is 30.2. The first kappa shape index (κ1) is 20.4. The second kappa shape index (κ2) is 10.8. The molecular weight excluding hydrogens is 340 g/mol. The Morgan fingerprint density at radius 1 is 0.571 bits per heavy atom. The van der Waals surface area contributed by atoms with E-state index in [1.165, 1.54) is 103 Å². The van der Waals surface area contributed by atoms with E-state index in [-0.39, 0.29) is 0 Å². The lowest BCUT2D eigenvalue weighted by Crippen LogP contribution is -2.49. The van der Waals surface area contributed by atoms with E-state index in [1.807, 2.05) is 0 Å². The van der Waals surface area contributed by atoms with Crippen LogP contribution in [0.3, 0.4) is 0 Å². The van der Waals surface area contributed by atoms with Crippen molar-refractivity contribution in [1.82, 2.24) is 9.80 Å². The summed E-state index contributed by atoms with van der Waals surface area (Å²) in [5.74, 6) is 3.30. The molecule has 0 aromatic carbocycles. The van der Waals surface area contributed by atoms with Gasteiger partial charge in [0.05, 0.1) is 6.67 Å². The van der Waals surface area contributed by atoms with E-state index in [9.17, 15) is 0 Å². The molecule has 2 aliphatic carbocycles. The van der Waals surface area contributed by atoms with Crippen LogP contribution in [0.15, 0.2) is 36.5 Å². The van der Waals surface area contributed by atoms with E-state index in [4.69, 9.17) is 0 Å². The summed E-state index contributed by atoms with van der Waals surface area (Å²) >= 11 is 0. The number of fused-ring (bicyclic) bond motifs is 5. The fourth-order valence-electron chi connectivity index (χ4n) is 6.14. The third kappa shape index (κ3) is 5.60. The molecule has 0 amide bonds. The number of nitrogens with zero attached hydrogens (tertiary/aromatic N) is 2. The minimum atomic E-state index is 0.673. The van der Waals surface area contributed by atoms with Gasteiger partial charge in [0.1, 0.15) is 0 Å². The van der Waals surface area contributed by atoms with Crippen molar-refractivity contribution in [2.45, 2.75) is 70.6 Å². The van der Waals surface area contributed by atoms with Crippen molar-refractivity contribution in [3.05, 3.63) is 36.5 Å². The molecule has 0 N–H and O–H groups in total. The van der Waals surface area contributed by atoms with E-state index >= 15 is 0 Å². The van der Waals surface area contributed by atoms with E-state index in [0.29, 0.717) is 5.92 Å².